The van der Waals surface area contributed by atoms with Gasteiger partial charge >= 0.3 is 0 Å². The Labute approximate surface area is 108 Å². The maximum Gasteiger partial charge on any atom is 0.144 e. The molecule has 0 unspecified atom stereocenters. The number of aromatic nitrogens is 2. The van der Waals surface area contributed by atoms with Crippen molar-refractivity contribution in [1.29, 1.82) is 0 Å². The summed E-state index contributed by atoms with van der Waals surface area (Å²) in [5.74, 6) is 0. The predicted molar refractivity (Wildman–Crippen MR) is 73.2 cm³/mol. The maximum atomic E-state index is 4.41. The van der Waals surface area contributed by atoms with Crippen LogP contribution in [0.15, 0.2) is 41.3 Å². The van der Waals surface area contributed by atoms with Crippen LogP contribution < -0.4 is 5.32 Å². The van der Waals surface area contributed by atoms with Crippen molar-refractivity contribution >= 4 is 32.3 Å². The first kappa shape index (κ1) is 10.7. The topological polar surface area (TPSA) is 29.3 Å². The van der Waals surface area contributed by atoms with Crippen LogP contribution in [0.1, 0.15) is 5.56 Å². The first-order valence-corrected chi connectivity index (χ1v) is 6.27. The first-order valence-electron chi connectivity index (χ1n) is 5.48. The van der Waals surface area contributed by atoms with E-state index >= 15 is 0 Å². The van der Waals surface area contributed by atoms with Gasteiger partial charge in [-0.25, -0.2) is 4.98 Å². The van der Waals surface area contributed by atoms with E-state index in [1.807, 2.05) is 19.4 Å². The molecule has 0 amide bonds. The van der Waals surface area contributed by atoms with Crippen molar-refractivity contribution in [3.05, 3.63) is 46.8 Å². The lowest BCUT2D eigenvalue weighted by atomic mass is 10.1. The van der Waals surface area contributed by atoms with Gasteiger partial charge in [0.15, 0.2) is 0 Å². The number of halogens is 1. The average Bonchev–Trinajstić information content (AvgIpc) is 2.77. The van der Waals surface area contributed by atoms with Gasteiger partial charge in [0.2, 0.25) is 0 Å². The van der Waals surface area contributed by atoms with E-state index < -0.39 is 0 Å². The molecular weight excluding hydrogens is 278 g/mol. The molecule has 86 valence electrons. The Morgan fingerprint density at radius 3 is 3.06 bits per heavy atom. The fourth-order valence-corrected chi connectivity index (χ4v) is 2.53. The van der Waals surface area contributed by atoms with Crippen LogP contribution in [0.25, 0.3) is 16.4 Å². The van der Waals surface area contributed by atoms with Gasteiger partial charge in [-0.15, -0.1) is 0 Å². The molecule has 0 aliphatic heterocycles. The highest BCUT2D eigenvalue weighted by atomic mass is 79.9. The molecule has 1 aromatic carbocycles. The molecule has 0 atom stereocenters. The second-order valence-electron chi connectivity index (χ2n) is 4.03. The van der Waals surface area contributed by atoms with Crippen molar-refractivity contribution < 1.29 is 0 Å². The minimum absolute atomic E-state index is 0.848. The maximum absolute atomic E-state index is 4.41. The smallest absolute Gasteiger partial charge is 0.144 e. The quantitative estimate of drug-likeness (QED) is 0.786. The van der Waals surface area contributed by atoms with E-state index in [-0.39, 0.29) is 0 Å². The molecule has 0 bridgehead atoms. The Kier molecular flexibility index (Phi) is 2.61. The fraction of sp³-hybridized carbons (Fsp3) is 0.154. The molecular formula is C13H12BrN3. The summed E-state index contributed by atoms with van der Waals surface area (Å²) in [4.78, 5) is 4.41. The summed E-state index contributed by atoms with van der Waals surface area (Å²) in [6, 6.07) is 6.32. The highest BCUT2D eigenvalue weighted by Gasteiger charge is 2.07. The number of nitrogens with zero attached hydrogens (tertiary/aromatic N) is 2. The molecule has 0 spiro atoms. The first-order chi connectivity index (χ1) is 8.29. The number of nitrogens with one attached hydrogen (secondary N) is 1. The second-order valence-corrected chi connectivity index (χ2v) is 4.95. The third-order valence-corrected chi connectivity index (χ3v) is 3.39. The van der Waals surface area contributed by atoms with Crippen molar-refractivity contribution in [2.24, 2.45) is 0 Å². The number of benzene rings is 1. The zero-order chi connectivity index (χ0) is 11.8. The van der Waals surface area contributed by atoms with Gasteiger partial charge in [0.05, 0.1) is 0 Å². The minimum atomic E-state index is 0.848. The van der Waals surface area contributed by atoms with Crippen molar-refractivity contribution in [3.63, 3.8) is 0 Å². The van der Waals surface area contributed by atoms with Crippen LogP contribution in [0.2, 0.25) is 0 Å². The molecule has 0 saturated heterocycles. The Morgan fingerprint density at radius 2 is 2.24 bits per heavy atom. The van der Waals surface area contributed by atoms with E-state index in [0.717, 1.165) is 16.7 Å². The Hall–Kier alpha value is -1.39. The molecule has 1 N–H and O–H groups in total. The van der Waals surface area contributed by atoms with Crippen LogP contribution in [0.3, 0.4) is 0 Å². The van der Waals surface area contributed by atoms with E-state index in [1.54, 1.807) is 0 Å². The van der Waals surface area contributed by atoms with Crippen molar-refractivity contribution in [2.45, 2.75) is 6.54 Å². The molecule has 3 aromatic rings. The molecule has 3 rings (SSSR count). The molecule has 2 heterocycles. The monoisotopic (exact) mass is 289 g/mol. The molecule has 3 nitrogen and oxygen atoms in total. The molecule has 2 aromatic heterocycles. The minimum Gasteiger partial charge on any atom is -0.316 e. The molecule has 0 saturated carbocycles. The van der Waals surface area contributed by atoms with E-state index in [9.17, 15) is 0 Å². The summed E-state index contributed by atoms with van der Waals surface area (Å²) < 4.78 is 3.17. The lowest BCUT2D eigenvalue weighted by Crippen LogP contribution is -2.06. The predicted octanol–water partition coefficient (Wildman–Crippen LogP) is 2.97. The Bertz CT molecular complexity index is 688. The zero-order valence-electron chi connectivity index (χ0n) is 9.44. The number of hydrogen-bond acceptors (Lipinski definition) is 2. The number of hydrogen-bond donors (Lipinski definition) is 1. The van der Waals surface area contributed by atoms with Crippen molar-refractivity contribution in [3.8, 4) is 0 Å². The summed E-state index contributed by atoms with van der Waals surface area (Å²) >= 11 is 3.52. The van der Waals surface area contributed by atoms with E-state index in [4.69, 9.17) is 0 Å². The van der Waals surface area contributed by atoms with Gasteiger partial charge < -0.3 is 9.72 Å². The van der Waals surface area contributed by atoms with Crippen molar-refractivity contribution in [2.75, 3.05) is 7.05 Å². The molecule has 0 aliphatic rings. The van der Waals surface area contributed by atoms with Gasteiger partial charge in [-0.1, -0.05) is 15.9 Å². The lowest BCUT2D eigenvalue weighted by molar-refractivity contribution is 0.817. The van der Waals surface area contributed by atoms with Crippen LogP contribution >= 0.6 is 15.9 Å². The summed E-state index contributed by atoms with van der Waals surface area (Å²) in [6.45, 7) is 0.848. The number of imidazole rings is 1. The van der Waals surface area contributed by atoms with Crippen LogP contribution in [0.4, 0.5) is 0 Å². The summed E-state index contributed by atoms with van der Waals surface area (Å²) in [5, 5.41) is 5.63. The lowest BCUT2D eigenvalue weighted by Gasteiger charge is -2.08. The summed E-state index contributed by atoms with van der Waals surface area (Å²) in [7, 11) is 1.96. The third kappa shape index (κ3) is 1.73. The van der Waals surface area contributed by atoms with Crippen molar-refractivity contribution in [1.82, 2.24) is 14.7 Å². The molecule has 0 radical (unpaired) electrons. The number of pyridine rings is 1. The summed E-state index contributed by atoms with van der Waals surface area (Å²) in [6.07, 6.45) is 5.95. The standard InChI is InChI=1S/C13H12BrN3/c1-15-7-9-8-17-5-4-16-13(17)11-3-2-10(14)6-12(9)11/h2-6,8,15H,7H2,1H3. The highest BCUT2D eigenvalue weighted by molar-refractivity contribution is 9.10. The Morgan fingerprint density at radius 1 is 1.35 bits per heavy atom. The van der Waals surface area contributed by atoms with Gasteiger partial charge in [-0.05, 0) is 36.2 Å². The number of rotatable bonds is 2. The van der Waals surface area contributed by atoms with E-state index in [0.29, 0.717) is 0 Å². The SMILES string of the molecule is CNCc1cn2ccnc2c2ccc(Br)cc12. The largest absolute Gasteiger partial charge is 0.316 e. The fourth-order valence-electron chi connectivity index (χ4n) is 2.17. The average molecular weight is 290 g/mol. The van der Waals surface area contributed by atoms with E-state index in [1.165, 1.54) is 16.3 Å². The molecule has 17 heavy (non-hydrogen) atoms. The van der Waals surface area contributed by atoms with E-state index in [2.05, 4.69) is 55.0 Å². The van der Waals surface area contributed by atoms with Gasteiger partial charge in [-0.2, -0.15) is 0 Å². The Balaban J connectivity index is 2.44. The molecule has 0 fully saturated rings. The normalized spacial score (nSPS) is 11.4. The zero-order valence-corrected chi connectivity index (χ0v) is 11.0. The van der Waals surface area contributed by atoms with Crippen LogP contribution in [0, 0.1) is 0 Å². The van der Waals surface area contributed by atoms with Gasteiger partial charge in [0.1, 0.15) is 5.65 Å². The third-order valence-electron chi connectivity index (χ3n) is 2.90. The summed E-state index contributed by atoms with van der Waals surface area (Å²) in [5.41, 5.74) is 2.28. The number of fused-ring (bicyclic) bond motifs is 3. The van der Waals surface area contributed by atoms with Gasteiger partial charge in [0.25, 0.3) is 0 Å². The molecule has 4 heteroatoms. The van der Waals surface area contributed by atoms with Gasteiger partial charge in [-0.3, -0.25) is 0 Å². The van der Waals surface area contributed by atoms with Crippen LogP contribution in [-0.4, -0.2) is 16.4 Å². The van der Waals surface area contributed by atoms with Gasteiger partial charge in [0, 0.05) is 35.0 Å². The second kappa shape index (κ2) is 4.13. The molecule has 0 aliphatic carbocycles. The highest BCUT2D eigenvalue weighted by Crippen LogP contribution is 2.26. The van der Waals surface area contributed by atoms with Crippen LogP contribution in [0.5, 0.6) is 0 Å². The van der Waals surface area contributed by atoms with Crippen LogP contribution in [-0.2, 0) is 6.54 Å².